The quantitative estimate of drug-likeness (QED) is 0.676. The van der Waals surface area contributed by atoms with Crippen LogP contribution in [0.15, 0.2) is 46.0 Å². The number of non-ortho nitro benzene ring substituents is 1. The molecule has 1 N–H and O–H groups in total. The number of rotatable bonds is 2. The Bertz CT molecular complexity index is 950. The predicted octanol–water partition coefficient (Wildman–Crippen LogP) is 1.92. The Labute approximate surface area is 131 Å². The van der Waals surface area contributed by atoms with E-state index in [0.717, 1.165) is 16.3 Å². The molecule has 0 amide bonds. The summed E-state index contributed by atoms with van der Waals surface area (Å²) in [5.41, 5.74) is 0.831. The van der Waals surface area contributed by atoms with Crippen LogP contribution in [0.3, 0.4) is 0 Å². The van der Waals surface area contributed by atoms with E-state index in [4.69, 9.17) is 0 Å². The summed E-state index contributed by atoms with van der Waals surface area (Å²) in [7, 11) is 0. The van der Waals surface area contributed by atoms with Gasteiger partial charge in [-0.05, 0) is 17.4 Å². The van der Waals surface area contributed by atoms with Crippen molar-refractivity contribution in [2.45, 2.75) is 20.3 Å². The highest BCUT2D eigenvalue weighted by Crippen LogP contribution is 2.37. The molecule has 0 bridgehead atoms. The maximum absolute atomic E-state index is 12.1. The number of hydrogen-bond acceptors (Lipinski definition) is 4. The SMILES string of the molecule is CC1(C)C=C(n2[nH]c(=O)ccc2=O)c2cc([N+](=O)[O-])ccc2C1. The lowest BCUT2D eigenvalue weighted by molar-refractivity contribution is -0.384. The second-order valence-electron chi connectivity index (χ2n) is 6.28. The van der Waals surface area contributed by atoms with Gasteiger partial charge in [0.1, 0.15) is 0 Å². The summed E-state index contributed by atoms with van der Waals surface area (Å²) in [6.07, 6.45) is 2.55. The van der Waals surface area contributed by atoms with Gasteiger partial charge in [-0.15, -0.1) is 0 Å². The van der Waals surface area contributed by atoms with E-state index in [1.165, 1.54) is 18.2 Å². The first-order chi connectivity index (χ1) is 10.8. The molecule has 1 aliphatic carbocycles. The molecule has 0 radical (unpaired) electrons. The third-order valence-corrected chi connectivity index (χ3v) is 3.81. The van der Waals surface area contributed by atoms with E-state index in [0.29, 0.717) is 17.7 Å². The molecule has 2 aromatic rings. The zero-order chi connectivity index (χ0) is 16.8. The van der Waals surface area contributed by atoms with Gasteiger partial charge < -0.3 is 0 Å². The molecular weight excluding hydrogens is 298 g/mol. The fourth-order valence-corrected chi connectivity index (χ4v) is 2.85. The minimum Gasteiger partial charge on any atom is -0.268 e. The second kappa shape index (κ2) is 5.05. The first kappa shape index (κ1) is 15.0. The van der Waals surface area contributed by atoms with Crippen LogP contribution in [0.1, 0.15) is 25.0 Å². The minimum atomic E-state index is -0.478. The number of nitrogens with one attached hydrogen (secondary N) is 1. The van der Waals surface area contributed by atoms with Crippen LogP contribution in [0.5, 0.6) is 0 Å². The molecule has 7 nitrogen and oxygen atoms in total. The Morgan fingerprint density at radius 2 is 1.96 bits per heavy atom. The van der Waals surface area contributed by atoms with Gasteiger partial charge in [-0.1, -0.05) is 26.0 Å². The van der Waals surface area contributed by atoms with Gasteiger partial charge in [0.05, 0.1) is 10.6 Å². The van der Waals surface area contributed by atoms with E-state index < -0.39 is 16.0 Å². The fraction of sp³-hybridized carbons (Fsp3) is 0.250. The normalized spacial score (nSPS) is 15.7. The second-order valence-corrected chi connectivity index (χ2v) is 6.28. The van der Waals surface area contributed by atoms with Crippen molar-refractivity contribution in [1.82, 2.24) is 9.78 Å². The third-order valence-electron chi connectivity index (χ3n) is 3.81. The maximum Gasteiger partial charge on any atom is 0.270 e. The molecule has 1 aromatic carbocycles. The molecule has 7 heteroatoms. The van der Waals surface area contributed by atoms with Crippen LogP contribution in [-0.2, 0) is 6.42 Å². The number of allylic oxidation sites excluding steroid dienone is 1. The van der Waals surface area contributed by atoms with Crippen molar-refractivity contribution < 1.29 is 4.92 Å². The van der Waals surface area contributed by atoms with Crippen LogP contribution >= 0.6 is 0 Å². The average Bonchev–Trinajstić information content (AvgIpc) is 2.47. The van der Waals surface area contributed by atoms with Crippen molar-refractivity contribution in [3.63, 3.8) is 0 Å². The largest absolute Gasteiger partial charge is 0.270 e. The zero-order valence-electron chi connectivity index (χ0n) is 12.7. The summed E-state index contributed by atoms with van der Waals surface area (Å²) in [4.78, 5) is 34.3. The molecule has 1 heterocycles. The molecule has 3 rings (SSSR count). The molecular formula is C16H15N3O4. The Balaban J connectivity index is 2.31. The number of aromatic nitrogens is 2. The van der Waals surface area contributed by atoms with Crippen molar-refractivity contribution in [1.29, 1.82) is 0 Å². The molecule has 118 valence electrons. The smallest absolute Gasteiger partial charge is 0.268 e. The van der Waals surface area contributed by atoms with Gasteiger partial charge in [-0.3, -0.25) is 24.8 Å². The number of fused-ring (bicyclic) bond motifs is 1. The van der Waals surface area contributed by atoms with E-state index in [1.54, 1.807) is 6.07 Å². The number of aromatic amines is 1. The van der Waals surface area contributed by atoms with Crippen molar-refractivity contribution in [2.24, 2.45) is 5.41 Å². The van der Waals surface area contributed by atoms with Gasteiger partial charge in [0.25, 0.3) is 16.8 Å². The van der Waals surface area contributed by atoms with E-state index in [1.807, 2.05) is 19.9 Å². The Hall–Kier alpha value is -2.96. The first-order valence-electron chi connectivity index (χ1n) is 7.10. The van der Waals surface area contributed by atoms with Gasteiger partial charge in [-0.25, -0.2) is 4.68 Å². The summed E-state index contributed by atoms with van der Waals surface area (Å²) < 4.78 is 1.14. The Morgan fingerprint density at radius 3 is 2.65 bits per heavy atom. The van der Waals surface area contributed by atoms with Crippen LogP contribution in [-0.4, -0.2) is 14.7 Å². The molecule has 0 aliphatic heterocycles. The highest BCUT2D eigenvalue weighted by molar-refractivity contribution is 5.72. The molecule has 0 fully saturated rings. The highest BCUT2D eigenvalue weighted by Gasteiger charge is 2.28. The van der Waals surface area contributed by atoms with E-state index in [2.05, 4.69) is 5.10 Å². The summed E-state index contributed by atoms with van der Waals surface area (Å²) in [5, 5.41) is 13.5. The van der Waals surface area contributed by atoms with Crippen LogP contribution in [0.4, 0.5) is 5.69 Å². The van der Waals surface area contributed by atoms with Gasteiger partial charge in [-0.2, -0.15) is 0 Å². The molecule has 0 atom stereocenters. The number of nitrogens with zero attached hydrogens (tertiary/aromatic N) is 2. The molecule has 1 aliphatic rings. The number of nitro benzene ring substituents is 1. The number of nitro groups is 1. The van der Waals surface area contributed by atoms with E-state index >= 15 is 0 Å². The number of benzene rings is 1. The van der Waals surface area contributed by atoms with Gasteiger partial charge >= 0.3 is 0 Å². The van der Waals surface area contributed by atoms with E-state index in [9.17, 15) is 19.7 Å². The first-order valence-corrected chi connectivity index (χ1v) is 7.10. The predicted molar refractivity (Wildman–Crippen MR) is 85.3 cm³/mol. The Morgan fingerprint density at radius 1 is 1.22 bits per heavy atom. The van der Waals surface area contributed by atoms with Gasteiger partial charge in [0.2, 0.25) is 0 Å². The summed E-state index contributed by atoms with van der Waals surface area (Å²) >= 11 is 0. The molecule has 1 aromatic heterocycles. The van der Waals surface area contributed by atoms with Crippen LogP contribution in [0.25, 0.3) is 5.70 Å². The summed E-state index contributed by atoms with van der Waals surface area (Å²) in [6.45, 7) is 4.01. The lowest BCUT2D eigenvalue weighted by atomic mass is 9.78. The van der Waals surface area contributed by atoms with Crippen molar-refractivity contribution >= 4 is 11.4 Å². The van der Waals surface area contributed by atoms with Crippen LogP contribution in [0, 0.1) is 15.5 Å². The van der Waals surface area contributed by atoms with Crippen molar-refractivity contribution in [3.05, 3.63) is 78.4 Å². The standard InChI is InChI=1S/C16H15N3O4/c1-16(2)8-10-3-4-11(19(22)23)7-12(10)13(9-16)18-15(21)6-5-14(20)17-18/h3-7,9H,8H2,1-2H3,(H,17,20). The van der Waals surface area contributed by atoms with Crippen molar-refractivity contribution in [3.8, 4) is 0 Å². The lowest BCUT2D eigenvalue weighted by Crippen LogP contribution is -2.31. The highest BCUT2D eigenvalue weighted by atomic mass is 16.6. The van der Waals surface area contributed by atoms with Gasteiger partial charge in [0.15, 0.2) is 0 Å². The summed E-state index contributed by atoms with van der Waals surface area (Å²) in [5.74, 6) is 0. The molecule has 0 saturated carbocycles. The summed E-state index contributed by atoms with van der Waals surface area (Å²) in [6, 6.07) is 6.93. The van der Waals surface area contributed by atoms with E-state index in [-0.39, 0.29) is 11.1 Å². The molecule has 23 heavy (non-hydrogen) atoms. The minimum absolute atomic E-state index is 0.0549. The zero-order valence-corrected chi connectivity index (χ0v) is 12.7. The van der Waals surface area contributed by atoms with Crippen LogP contribution < -0.4 is 11.1 Å². The lowest BCUT2D eigenvalue weighted by Gasteiger charge is -2.29. The monoisotopic (exact) mass is 313 g/mol. The fourth-order valence-electron chi connectivity index (χ4n) is 2.85. The van der Waals surface area contributed by atoms with Gasteiger partial charge in [0, 0.05) is 29.8 Å². The maximum atomic E-state index is 12.1. The molecule has 0 saturated heterocycles. The third kappa shape index (κ3) is 2.73. The topological polar surface area (TPSA) is 98.0 Å². The van der Waals surface area contributed by atoms with Crippen molar-refractivity contribution in [2.75, 3.05) is 0 Å². The number of hydrogen-bond donors (Lipinski definition) is 1. The Kier molecular flexibility index (Phi) is 3.28. The van der Waals surface area contributed by atoms with Crippen LogP contribution in [0.2, 0.25) is 0 Å². The number of H-pyrrole nitrogens is 1. The molecule has 0 spiro atoms. The average molecular weight is 313 g/mol. The molecule has 0 unspecified atom stereocenters.